The van der Waals surface area contributed by atoms with Crippen molar-refractivity contribution in [3.63, 3.8) is 0 Å². The lowest BCUT2D eigenvalue weighted by Gasteiger charge is -2.15. The minimum atomic E-state index is 1.25. The lowest BCUT2D eigenvalue weighted by atomic mass is 9.88. The van der Waals surface area contributed by atoms with Gasteiger partial charge in [-0.2, -0.15) is 0 Å². The van der Waals surface area contributed by atoms with Crippen molar-refractivity contribution in [1.29, 1.82) is 0 Å². The van der Waals surface area contributed by atoms with Crippen molar-refractivity contribution < 1.29 is 0 Å². The van der Waals surface area contributed by atoms with Gasteiger partial charge < -0.3 is 0 Å². The molecule has 0 aliphatic rings. The third-order valence-electron chi connectivity index (χ3n) is 8.02. The molecule has 0 atom stereocenters. The van der Waals surface area contributed by atoms with E-state index in [2.05, 4.69) is 146 Å². The van der Waals surface area contributed by atoms with Gasteiger partial charge in [0, 0.05) is 0 Å². The third-order valence-corrected chi connectivity index (χ3v) is 8.02. The van der Waals surface area contributed by atoms with Crippen molar-refractivity contribution in [2.45, 2.75) is 0 Å². The Morgan fingerprint density at radius 1 is 0.237 bits per heavy atom. The molecule has 0 unspecified atom stereocenters. The smallest absolute Gasteiger partial charge is 0.00926 e. The SMILES string of the molecule is c1ccc2cc(-c3cc4c5cccc(-c6ccc7ccccc7c6)c5ccc4c4ccccc34)ccc2c1. The quantitative estimate of drug-likeness (QED) is 0.216. The molecule has 0 heterocycles. The highest BCUT2D eigenvalue weighted by atomic mass is 14.2. The molecule has 0 aliphatic heterocycles. The van der Waals surface area contributed by atoms with Gasteiger partial charge in [0.05, 0.1) is 0 Å². The lowest BCUT2D eigenvalue weighted by molar-refractivity contribution is 1.68. The molecule has 0 aromatic heterocycles. The molecule has 176 valence electrons. The molecular formula is C38H24. The predicted molar refractivity (Wildman–Crippen MR) is 165 cm³/mol. The first kappa shape index (κ1) is 21.2. The first-order chi connectivity index (χ1) is 18.8. The van der Waals surface area contributed by atoms with E-state index in [1.54, 1.807) is 0 Å². The Morgan fingerprint density at radius 3 is 1.42 bits per heavy atom. The molecule has 0 saturated heterocycles. The molecule has 0 radical (unpaired) electrons. The predicted octanol–water partition coefficient (Wildman–Crippen LogP) is 10.8. The zero-order valence-corrected chi connectivity index (χ0v) is 20.9. The van der Waals surface area contributed by atoms with E-state index in [4.69, 9.17) is 0 Å². The maximum Gasteiger partial charge on any atom is -0.00926 e. The molecule has 0 N–H and O–H groups in total. The van der Waals surface area contributed by atoms with Gasteiger partial charge in [0.25, 0.3) is 0 Å². The standard InChI is InChI=1S/C38H24/c1-3-10-27-22-29(18-16-25(27)8-1)31-14-7-15-34-35(31)20-21-36-32-12-5-6-13-33(32)37(24-38(34)36)30-19-17-26-9-2-4-11-28(26)23-30/h1-24H. The van der Waals surface area contributed by atoms with Crippen LogP contribution in [0.15, 0.2) is 146 Å². The van der Waals surface area contributed by atoms with Crippen LogP contribution in [0.1, 0.15) is 0 Å². The average molecular weight is 481 g/mol. The van der Waals surface area contributed by atoms with Crippen LogP contribution >= 0.6 is 0 Å². The molecule has 8 aromatic rings. The molecule has 0 bridgehead atoms. The van der Waals surface area contributed by atoms with Gasteiger partial charge >= 0.3 is 0 Å². The largest absolute Gasteiger partial charge is 0.0616 e. The van der Waals surface area contributed by atoms with Crippen molar-refractivity contribution in [3.05, 3.63) is 146 Å². The van der Waals surface area contributed by atoms with Gasteiger partial charge in [0.15, 0.2) is 0 Å². The Bertz CT molecular complexity index is 2180. The van der Waals surface area contributed by atoms with Crippen LogP contribution in [0.2, 0.25) is 0 Å². The molecule has 0 nitrogen and oxygen atoms in total. The summed E-state index contributed by atoms with van der Waals surface area (Å²) in [6.45, 7) is 0. The van der Waals surface area contributed by atoms with Crippen molar-refractivity contribution in [2.24, 2.45) is 0 Å². The molecular weight excluding hydrogens is 456 g/mol. The van der Waals surface area contributed by atoms with Gasteiger partial charge in [-0.25, -0.2) is 0 Å². The fraction of sp³-hybridized carbons (Fsp3) is 0. The van der Waals surface area contributed by atoms with E-state index in [0.717, 1.165) is 0 Å². The fourth-order valence-electron chi connectivity index (χ4n) is 6.15. The van der Waals surface area contributed by atoms with Gasteiger partial charge in [0.2, 0.25) is 0 Å². The van der Waals surface area contributed by atoms with Crippen LogP contribution in [0, 0.1) is 0 Å². The van der Waals surface area contributed by atoms with E-state index in [0.29, 0.717) is 0 Å². The van der Waals surface area contributed by atoms with E-state index < -0.39 is 0 Å². The first-order valence-electron chi connectivity index (χ1n) is 13.2. The van der Waals surface area contributed by atoms with Crippen LogP contribution in [-0.4, -0.2) is 0 Å². The van der Waals surface area contributed by atoms with Crippen LogP contribution in [0.5, 0.6) is 0 Å². The number of rotatable bonds is 2. The molecule has 0 amide bonds. The summed E-state index contributed by atoms with van der Waals surface area (Å²) in [5, 5.41) is 12.8. The summed E-state index contributed by atoms with van der Waals surface area (Å²) >= 11 is 0. The minimum Gasteiger partial charge on any atom is -0.0616 e. The van der Waals surface area contributed by atoms with Crippen molar-refractivity contribution in [1.82, 2.24) is 0 Å². The van der Waals surface area contributed by atoms with E-state index in [-0.39, 0.29) is 0 Å². The topological polar surface area (TPSA) is 0 Å². The Balaban J connectivity index is 1.43. The normalized spacial score (nSPS) is 11.7. The first-order valence-corrected chi connectivity index (χ1v) is 13.2. The maximum atomic E-state index is 2.41. The van der Waals surface area contributed by atoms with Gasteiger partial charge in [-0.15, -0.1) is 0 Å². The molecule has 0 fully saturated rings. The maximum absolute atomic E-state index is 2.41. The van der Waals surface area contributed by atoms with Crippen LogP contribution in [0.3, 0.4) is 0 Å². The van der Waals surface area contributed by atoms with E-state index in [9.17, 15) is 0 Å². The Kier molecular flexibility index (Phi) is 4.62. The lowest BCUT2D eigenvalue weighted by Crippen LogP contribution is -1.88. The van der Waals surface area contributed by atoms with Crippen LogP contribution in [0.4, 0.5) is 0 Å². The van der Waals surface area contributed by atoms with Crippen LogP contribution < -0.4 is 0 Å². The summed E-state index contributed by atoms with van der Waals surface area (Å²) in [4.78, 5) is 0. The monoisotopic (exact) mass is 480 g/mol. The fourth-order valence-corrected chi connectivity index (χ4v) is 6.15. The second kappa shape index (κ2) is 8.30. The zero-order chi connectivity index (χ0) is 25.1. The molecule has 0 aliphatic carbocycles. The Morgan fingerprint density at radius 2 is 0.711 bits per heavy atom. The highest BCUT2D eigenvalue weighted by Crippen LogP contribution is 2.41. The summed E-state index contributed by atoms with van der Waals surface area (Å²) in [5.41, 5.74) is 5.06. The summed E-state index contributed by atoms with van der Waals surface area (Å²) in [6, 6.07) is 53.4. The van der Waals surface area contributed by atoms with Gasteiger partial charge in [0.1, 0.15) is 0 Å². The minimum absolute atomic E-state index is 1.25. The number of fused-ring (bicyclic) bond motifs is 7. The van der Waals surface area contributed by atoms with Crippen molar-refractivity contribution in [3.8, 4) is 22.3 Å². The van der Waals surface area contributed by atoms with Crippen molar-refractivity contribution >= 4 is 53.9 Å². The molecule has 0 heteroatoms. The summed E-state index contributed by atoms with van der Waals surface area (Å²) in [7, 11) is 0. The van der Waals surface area contributed by atoms with Crippen LogP contribution in [-0.2, 0) is 0 Å². The van der Waals surface area contributed by atoms with Crippen molar-refractivity contribution in [2.75, 3.05) is 0 Å². The second-order valence-corrected chi connectivity index (χ2v) is 10.2. The molecule has 8 rings (SSSR count). The van der Waals surface area contributed by atoms with E-state index in [1.807, 2.05) is 0 Å². The summed E-state index contributed by atoms with van der Waals surface area (Å²) in [5.74, 6) is 0. The van der Waals surface area contributed by atoms with Gasteiger partial charge in [-0.3, -0.25) is 0 Å². The van der Waals surface area contributed by atoms with Gasteiger partial charge in [-0.1, -0.05) is 127 Å². The molecule has 38 heavy (non-hydrogen) atoms. The third kappa shape index (κ3) is 3.24. The molecule has 8 aromatic carbocycles. The van der Waals surface area contributed by atoms with E-state index >= 15 is 0 Å². The summed E-state index contributed by atoms with van der Waals surface area (Å²) in [6.07, 6.45) is 0. The Hall–Kier alpha value is -4.94. The number of hydrogen-bond donors (Lipinski definition) is 0. The zero-order valence-electron chi connectivity index (χ0n) is 20.9. The summed E-state index contributed by atoms with van der Waals surface area (Å²) < 4.78 is 0. The highest BCUT2D eigenvalue weighted by molar-refractivity contribution is 6.22. The number of benzene rings is 8. The highest BCUT2D eigenvalue weighted by Gasteiger charge is 2.13. The second-order valence-electron chi connectivity index (χ2n) is 10.2. The van der Waals surface area contributed by atoms with Crippen LogP contribution in [0.25, 0.3) is 76.1 Å². The molecule has 0 spiro atoms. The Labute approximate surface area is 221 Å². The molecule has 0 saturated carbocycles. The number of hydrogen-bond acceptors (Lipinski definition) is 0. The van der Waals surface area contributed by atoms with E-state index in [1.165, 1.54) is 76.1 Å². The average Bonchev–Trinajstić information content (AvgIpc) is 2.99. The van der Waals surface area contributed by atoms with Gasteiger partial charge in [-0.05, 0) is 94.3 Å².